The van der Waals surface area contributed by atoms with Crippen LogP contribution in [0.1, 0.15) is 36.2 Å². The number of nitrogens with zero attached hydrogens (tertiary/aromatic N) is 1. The van der Waals surface area contributed by atoms with Gasteiger partial charge in [0.25, 0.3) is 9.05 Å². The van der Waals surface area contributed by atoms with Gasteiger partial charge in [-0.1, -0.05) is 0 Å². The van der Waals surface area contributed by atoms with Gasteiger partial charge in [0, 0.05) is 30.5 Å². The molecule has 8 heteroatoms. The topological polar surface area (TPSA) is 74.6 Å². The standard InChI is InChI=1S/C13H18ClNO5S/c1-19-7-6-15-9-11(21(14,17)18)8-12(15)13(16)20-10-4-2-3-5-10/h8-10H,2-7H2,1H3. The number of hydrogen-bond acceptors (Lipinski definition) is 5. The Balaban J connectivity index is 2.22. The summed E-state index contributed by atoms with van der Waals surface area (Å²) in [7, 11) is 2.97. The smallest absolute Gasteiger partial charge is 0.355 e. The predicted octanol–water partition coefficient (Wildman–Crippen LogP) is 2.16. The van der Waals surface area contributed by atoms with Crippen molar-refractivity contribution in [1.29, 1.82) is 0 Å². The van der Waals surface area contributed by atoms with E-state index in [1.807, 2.05) is 0 Å². The summed E-state index contributed by atoms with van der Waals surface area (Å²) >= 11 is 0. The van der Waals surface area contributed by atoms with Crippen molar-refractivity contribution in [2.45, 2.75) is 43.2 Å². The monoisotopic (exact) mass is 335 g/mol. The maximum atomic E-state index is 12.2. The summed E-state index contributed by atoms with van der Waals surface area (Å²) in [5.41, 5.74) is 0.179. The van der Waals surface area contributed by atoms with E-state index in [9.17, 15) is 13.2 Å². The van der Waals surface area contributed by atoms with Crippen molar-refractivity contribution in [3.63, 3.8) is 0 Å². The second kappa shape index (κ2) is 6.81. The van der Waals surface area contributed by atoms with E-state index in [0.29, 0.717) is 13.2 Å². The molecular formula is C13H18ClNO5S. The molecule has 0 unspecified atom stereocenters. The molecule has 1 saturated carbocycles. The molecule has 0 atom stereocenters. The lowest BCUT2D eigenvalue weighted by molar-refractivity contribution is 0.0303. The number of carbonyl (C=O) groups is 1. The molecule has 0 N–H and O–H groups in total. The SMILES string of the molecule is COCCn1cc(S(=O)(=O)Cl)cc1C(=O)OC1CCCC1. The number of methoxy groups -OCH3 is 1. The van der Waals surface area contributed by atoms with Gasteiger partial charge in [-0.25, -0.2) is 13.2 Å². The van der Waals surface area contributed by atoms with Gasteiger partial charge in [0.2, 0.25) is 0 Å². The number of ether oxygens (including phenoxy) is 2. The molecule has 0 aliphatic heterocycles. The molecule has 1 fully saturated rings. The zero-order valence-corrected chi connectivity index (χ0v) is 13.3. The van der Waals surface area contributed by atoms with Gasteiger partial charge in [0.1, 0.15) is 16.7 Å². The molecule has 0 spiro atoms. The van der Waals surface area contributed by atoms with Gasteiger partial charge in [-0.05, 0) is 31.7 Å². The van der Waals surface area contributed by atoms with Crippen LogP contribution in [0.2, 0.25) is 0 Å². The van der Waals surface area contributed by atoms with E-state index in [1.165, 1.54) is 23.9 Å². The number of halogens is 1. The molecule has 0 radical (unpaired) electrons. The van der Waals surface area contributed by atoms with Crippen LogP contribution in [-0.4, -0.2) is 38.8 Å². The van der Waals surface area contributed by atoms with Crippen LogP contribution in [-0.2, 0) is 25.1 Å². The largest absolute Gasteiger partial charge is 0.458 e. The Hall–Kier alpha value is -1.05. The number of rotatable bonds is 6. The summed E-state index contributed by atoms with van der Waals surface area (Å²) in [5, 5.41) is 0. The highest BCUT2D eigenvalue weighted by Gasteiger charge is 2.24. The van der Waals surface area contributed by atoms with Gasteiger partial charge in [-0.15, -0.1) is 0 Å². The van der Waals surface area contributed by atoms with E-state index in [1.54, 1.807) is 0 Å². The summed E-state index contributed by atoms with van der Waals surface area (Å²) in [6.07, 6.45) is 5.04. The lowest BCUT2D eigenvalue weighted by atomic mass is 10.3. The maximum absolute atomic E-state index is 12.2. The van der Waals surface area contributed by atoms with Crippen LogP contribution in [0.4, 0.5) is 0 Å². The minimum Gasteiger partial charge on any atom is -0.458 e. The van der Waals surface area contributed by atoms with Crippen LogP contribution in [0.25, 0.3) is 0 Å². The lowest BCUT2D eigenvalue weighted by Gasteiger charge is -2.12. The first-order valence-corrected chi connectivity index (χ1v) is 9.07. The van der Waals surface area contributed by atoms with Gasteiger partial charge in [0.05, 0.1) is 6.61 Å². The van der Waals surface area contributed by atoms with E-state index in [4.69, 9.17) is 20.2 Å². The van der Waals surface area contributed by atoms with Crippen LogP contribution in [0.15, 0.2) is 17.2 Å². The van der Waals surface area contributed by atoms with Gasteiger partial charge >= 0.3 is 5.97 Å². The third-order valence-corrected chi connectivity index (χ3v) is 4.80. The molecule has 2 rings (SSSR count). The van der Waals surface area contributed by atoms with Crippen molar-refractivity contribution in [3.8, 4) is 0 Å². The molecule has 1 aromatic heterocycles. The van der Waals surface area contributed by atoms with Crippen molar-refractivity contribution < 1.29 is 22.7 Å². The average Bonchev–Trinajstić information content (AvgIpc) is 3.03. The third kappa shape index (κ3) is 4.21. The van der Waals surface area contributed by atoms with Crippen LogP contribution in [0, 0.1) is 0 Å². The predicted molar refractivity (Wildman–Crippen MR) is 77.0 cm³/mol. The molecule has 118 valence electrons. The zero-order valence-electron chi connectivity index (χ0n) is 11.7. The van der Waals surface area contributed by atoms with Gasteiger partial charge in [-0.3, -0.25) is 0 Å². The molecule has 1 heterocycles. The molecular weight excluding hydrogens is 318 g/mol. The quantitative estimate of drug-likeness (QED) is 0.588. The molecule has 1 aliphatic carbocycles. The van der Waals surface area contributed by atoms with E-state index in [0.717, 1.165) is 25.7 Å². The number of carbonyl (C=O) groups excluding carboxylic acids is 1. The minimum atomic E-state index is -3.89. The van der Waals surface area contributed by atoms with Crippen molar-refractivity contribution in [2.75, 3.05) is 13.7 Å². The summed E-state index contributed by atoms with van der Waals surface area (Å²) in [4.78, 5) is 12.1. The lowest BCUT2D eigenvalue weighted by Crippen LogP contribution is -2.18. The Morgan fingerprint density at radius 1 is 1.43 bits per heavy atom. The van der Waals surface area contributed by atoms with Crippen molar-refractivity contribution >= 4 is 25.7 Å². The number of esters is 1. The Morgan fingerprint density at radius 2 is 2.10 bits per heavy atom. The highest BCUT2D eigenvalue weighted by atomic mass is 35.7. The van der Waals surface area contributed by atoms with E-state index in [2.05, 4.69) is 0 Å². The fraction of sp³-hybridized carbons (Fsp3) is 0.615. The summed E-state index contributed by atoms with van der Waals surface area (Å²) < 4.78 is 34.7. The minimum absolute atomic E-state index is 0.0840. The fourth-order valence-corrected chi connectivity index (χ4v) is 3.14. The second-order valence-electron chi connectivity index (χ2n) is 5.00. The first kappa shape index (κ1) is 16.3. The van der Waals surface area contributed by atoms with Crippen molar-refractivity contribution in [1.82, 2.24) is 4.57 Å². The van der Waals surface area contributed by atoms with E-state index >= 15 is 0 Å². The zero-order chi connectivity index (χ0) is 15.5. The molecule has 6 nitrogen and oxygen atoms in total. The van der Waals surface area contributed by atoms with Gasteiger partial charge < -0.3 is 14.0 Å². The van der Waals surface area contributed by atoms with Crippen LogP contribution < -0.4 is 0 Å². The Labute approximate surface area is 128 Å². The second-order valence-corrected chi connectivity index (χ2v) is 7.56. The van der Waals surface area contributed by atoms with Gasteiger partial charge in [-0.2, -0.15) is 0 Å². The van der Waals surface area contributed by atoms with Crippen molar-refractivity contribution in [3.05, 3.63) is 18.0 Å². The first-order chi connectivity index (χ1) is 9.91. The van der Waals surface area contributed by atoms with Gasteiger partial charge in [0.15, 0.2) is 0 Å². The Bertz CT molecular complexity index is 604. The molecule has 0 amide bonds. The molecule has 1 aromatic rings. The number of hydrogen-bond donors (Lipinski definition) is 0. The van der Waals surface area contributed by atoms with Crippen molar-refractivity contribution in [2.24, 2.45) is 0 Å². The Kier molecular flexibility index (Phi) is 5.29. The molecule has 0 saturated heterocycles. The van der Waals surface area contributed by atoms with Crippen LogP contribution in [0.3, 0.4) is 0 Å². The first-order valence-electron chi connectivity index (χ1n) is 6.76. The fourth-order valence-electron chi connectivity index (χ4n) is 2.38. The highest BCUT2D eigenvalue weighted by molar-refractivity contribution is 8.13. The molecule has 0 aromatic carbocycles. The van der Waals surface area contributed by atoms with E-state index in [-0.39, 0.29) is 16.7 Å². The summed E-state index contributed by atoms with van der Waals surface area (Å²) in [6.45, 7) is 0.693. The van der Waals surface area contributed by atoms with Crippen LogP contribution >= 0.6 is 10.7 Å². The van der Waals surface area contributed by atoms with Crippen LogP contribution in [0.5, 0.6) is 0 Å². The Morgan fingerprint density at radius 3 is 2.67 bits per heavy atom. The normalized spacial score (nSPS) is 16.3. The highest BCUT2D eigenvalue weighted by Crippen LogP contribution is 2.24. The number of aromatic nitrogens is 1. The summed E-state index contributed by atoms with van der Waals surface area (Å²) in [5.74, 6) is -0.524. The third-order valence-electron chi connectivity index (χ3n) is 3.47. The average molecular weight is 336 g/mol. The summed E-state index contributed by atoms with van der Waals surface area (Å²) in [6, 6.07) is 1.25. The molecule has 1 aliphatic rings. The molecule has 21 heavy (non-hydrogen) atoms. The van der Waals surface area contributed by atoms with E-state index < -0.39 is 15.0 Å². The maximum Gasteiger partial charge on any atom is 0.355 e. The molecule has 0 bridgehead atoms.